The number of aromatic amines is 1. The number of carbonyl (C=O) groups excluding carboxylic acids is 1. The van der Waals surface area contributed by atoms with Crippen molar-refractivity contribution in [2.24, 2.45) is 5.41 Å². The third-order valence-electron chi connectivity index (χ3n) is 14.2. The lowest BCUT2D eigenvalue weighted by Crippen LogP contribution is -2.56. The molecule has 18 nitrogen and oxygen atoms in total. The maximum absolute atomic E-state index is 14.0. The van der Waals surface area contributed by atoms with Gasteiger partial charge in [-0.3, -0.25) is 29.6 Å². The summed E-state index contributed by atoms with van der Waals surface area (Å²) in [6.07, 6.45) is 6.28. The SMILES string of the molecule is CC1(C)CCC(CN2CCN(c3ccc(C(=O)NS(=O)(=O)c4ccc(NCC5COCCO5)c([N+](=O)[O-])c4)c(Oc4cnc5[nH]ccc5c4)c3)CC2)=C(c2cc(CN3CCN(C4COC4)CC3)cs2)C1. The molecule has 7 heterocycles. The molecule has 1 amide bonds. The molecule has 70 heavy (non-hydrogen) atoms. The normalized spacial score (nSPS) is 20.9. The number of amides is 1. The summed E-state index contributed by atoms with van der Waals surface area (Å²) in [4.78, 5) is 43.9. The smallest absolute Gasteiger partial charge is 0.293 e. The topological polar surface area (TPSA) is 197 Å². The lowest BCUT2D eigenvalue weighted by atomic mass is 9.73. The predicted molar refractivity (Wildman–Crippen MR) is 268 cm³/mol. The number of nitrogens with zero attached hydrogens (tertiary/aromatic N) is 6. The van der Waals surface area contributed by atoms with E-state index >= 15 is 0 Å². The maximum Gasteiger partial charge on any atom is 0.293 e. The van der Waals surface area contributed by atoms with Crippen LogP contribution in [-0.4, -0.2) is 155 Å². The van der Waals surface area contributed by atoms with E-state index in [2.05, 4.69) is 64.9 Å². The summed E-state index contributed by atoms with van der Waals surface area (Å²) in [6, 6.07) is 15.2. The number of nitrogens with one attached hydrogen (secondary N) is 3. The van der Waals surface area contributed by atoms with E-state index in [1.807, 2.05) is 17.4 Å². The fourth-order valence-electron chi connectivity index (χ4n) is 9.97. The molecule has 4 saturated heterocycles. The van der Waals surface area contributed by atoms with Crippen molar-refractivity contribution in [1.82, 2.24) is 29.4 Å². The molecular formula is C50H61N9O9S2. The molecule has 20 heteroatoms. The number of benzene rings is 2. The van der Waals surface area contributed by atoms with Gasteiger partial charge in [-0.05, 0) is 83.7 Å². The average molecular weight is 996 g/mol. The Labute approximate surface area is 412 Å². The molecule has 4 fully saturated rings. The van der Waals surface area contributed by atoms with E-state index in [-0.39, 0.29) is 35.1 Å². The van der Waals surface area contributed by atoms with Crippen LogP contribution < -0.4 is 19.7 Å². The Balaban J connectivity index is 0.825. The summed E-state index contributed by atoms with van der Waals surface area (Å²) in [5.41, 5.74) is 5.76. The van der Waals surface area contributed by atoms with Crippen LogP contribution in [0.4, 0.5) is 17.1 Å². The Morgan fingerprint density at radius 3 is 2.51 bits per heavy atom. The van der Waals surface area contributed by atoms with Gasteiger partial charge in [0.2, 0.25) is 0 Å². The fourth-order valence-corrected chi connectivity index (χ4v) is 12.0. The van der Waals surface area contributed by atoms with Gasteiger partial charge in [0.25, 0.3) is 21.6 Å². The number of allylic oxidation sites excluding steroid dienone is 1. The van der Waals surface area contributed by atoms with E-state index in [0.717, 1.165) is 115 Å². The van der Waals surface area contributed by atoms with Crippen LogP contribution >= 0.6 is 11.3 Å². The van der Waals surface area contributed by atoms with Crippen LogP contribution in [0.2, 0.25) is 0 Å². The van der Waals surface area contributed by atoms with Crippen molar-refractivity contribution >= 4 is 60.9 Å². The zero-order valence-corrected chi connectivity index (χ0v) is 41.3. The number of rotatable bonds is 16. The highest BCUT2D eigenvalue weighted by Crippen LogP contribution is 2.45. The lowest BCUT2D eigenvalue weighted by molar-refractivity contribution is -0.384. The van der Waals surface area contributed by atoms with E-state index < -0.39 is 31.4 Å². The van der Waals surface area contributed by atoms with Crippen molar-refractivity contribution < 1.29 is 37.1 Å². The highest BCUT2D eigenvalue weighted by atomic mass is 32.2. The molecule has 3 aromatic heterocycles. The fraction of sp³-hybridized carbons (Fsp3) is 0.480. The minimum absolute atomic E-state index is 0.0407. The highest BCUT2D eigenvalue weighted by molar-refractivity contribution is 7.90. The molecule has 1 unspecified atom stereocenters. The van der Waals surface area contributed by atoms with Crippen molar-refractivity contribution in [3.8, 4) is 11.5 Å². The molecular weight excluding hydrogens is 935 g/mol. The molecule has 5 aliphatic rings. The number of hydrogen-bond acceptors (Lipinski definition) is 16. The van der Waals surface area contributed by atoms with Crippen LogP contribution in [0.15, 0.2) is 82.8 Å². The van der Waals surface area contributed by atoms with E-state index in [0.29, 0.717) is 37.3 Å². The van der Waals surface area contributed by atoms with Gasteiger partial charge in [-0.25, -0.2) is 18.1 Å². The number of nitro benzene ring substituents is 1. The number of anilines is 2. The van der Waals surface area contributed by atoms with Crippen LogP contribution in [0.3, 0.4) is 0 Å². The molecule has 3 N–H and O–H groups in total. The number of fused-ring (bicyclic) bond motifs is 1. The van der Waals surface area contributed by atoms with Crippen molar-refractivity contribution in [3.05, 3.63) is 104 Å². The number of piperazine rings is 2. The summed E-state index contributed by atoms with van der Waals surface area (Å²) in [6.45, 7) is 17.4. The van der Waals surface area contributed by atoms with Gasteiger partial charge in [0, 0.05) is 106 Å². The molecule has 0 saturated carbocycles. The molecule has 2 aromatic carbocycles. The first-order valence-electron chi connectivity index (χ1n) is 24.2. The number of nitro groups is 1. The number of thiophene rings is 1. The quantitative estimate of drug-likeness (QED) is 0.0708. The Hall–Kier alpha value is -5.45. The third-order valence-corrected chi connectivity index (χ3v) is 16.5. The Kier molecular flexibility index (Phi) is 14.3. The first-order valence-corrected chi connectivity index (χ1v) is 26.5. The Morgan fingerprint density at radius 1 is 0.957 bits per heavy atom. The number of carbonyl (C=O) groups is 1. The number of hydrogen-bond donors (Lipinski definition) is 3. The number of aromatic nitrogens is 2. The van der Waals surface area contributed by atoms with Gasteiger partial charge in [-0.15, -0.1) is 11.3 Å². The van der Waals surface area contributed by atoms with Crippen LogP contribution in [0.1, 0.15) is 53.9 Å². The second-order valence-electron chi connectivity index (χ2n) is 19.7. The van der Waals surface area contributed by atoms with Crippen molar-refractivity contribution in [1.29, 1.82) is 0 Å². The predicted octanol–water partition coefficient (Wildman–Crippen LogP) is 6.57. The van der Waals surface area contributed by atoms with E-state index in [4.69, 9.17) is 18.9 Å². The van der Waals surface area contributed by atoms with Gasteiger partial charge in [0.15, 0.2) is 0 Å². The van der Waals surface area contributed by atoms with Gasteiger partial charge >= 0.3 is 0 Å². The first-order chi connectivity index (χ1) is 33.8. The molecule has 1 atom stereocenters. The first kappa shape index (κ1) is 48.2. The number of H-pyrrole nitrogens is 1. The molecule has 5 aromatic rings. The average Bonchev–Trinajstić information content (AvgIpc) is 4.01. The minimum atomic E-state index is -4.59. The van der Waals surface area contributed by atoms with Gasteiger partial charge in [0.05, 0.1) is 66.8 Å². The van der Waals surface area contributed by atoms with Crippen LogP contribution in [-0.2, 0) is 30.8 Å². The summed E-state index contributed by atoms with van der Waals surface area (Å²) in [7, 11) is -4.59. The second-order valence-corrected chi connectivity index (χ2v) is 22.3. The number of sulfonamides is 1. The third kappa shape index (κ3) is 11.2. The maximum atomic E-state index is 14.0. The molecule has 0 radical (unpaired) electrons. The van der Waals surface area contributed by atoms with Crippen molar-refractivity contribution in [3.63, 3.8) is 0 Å². The van der Waals surface area contributed by atoms with Gasteiger partial charge in [-0.2, -0.15) is 0 Å². The van der Waals surface area contributed by atoms with Gasteiger partial charge < -0.3 is 34.1 Å². The largest absolute Gasteiger partial charge is 0.455 e. The number of ether oxygens (including phenoxy) is 4. The molecule has 1 aliphatic carbocycles. The molecule has 0 bridgehead atoms. The standard InChI is InChI=1S/C50H61N9O9S2/c1-50(2)9-7-36(43(25-50)47-21-34(33-69-47)28-55-11-17-58(18-12-55)38-30-66-31-38)29-56-13-15-57(16-14-56)37-3-5-42(46(23-37)68-39-22-35-8-10-51-48(35)53-26-39)49(60)54-70(63,64)41-4-6-44(45(24-41)59(61)62)52-27-40-32-65-19-20-67-40/h3-6,8,10,21-24,26,33,38,40,52H,7,9,11-20,25,27-32H2,1-2H3,(H,51,53)(H,54,60). The Bertz CT molecular complexity index is 2840. The summed E-state index contributed by atoms with van der Waals surface area (Å²) >= 11 is 1.89. The molecule has 4 aliphatic heterocycles. The van der Waals surface area contributed by atoms with Crippen molar-refractivity contribution in [2.75, 3.05) is 109 Å². The van der Waals surface area contributed by atoms with Crippen LogP contribution in [0, 0.1) is 15.5 Å². The van der Waals surface area contributed by atoms with E-state index in [1.54, 1.807) is 30.5 Å². The molecule has 10 rings (SSSR count). The van der Waals surface area contributed by atoms with E-state index in [9.17, 15) is 23.3 Å². The summed E-state index contributed by atoms with van der Waals surface area (Å²) < 4.78 is 52.4. The van der Waals surface area contributed by atoms with Gasteiger partial charge in [-0.1, -0.05) is 19.4 Å². The lowest BCUT2D eigenvalue weighted by Gasteiger charge is -2.42. The molecule has 372 valence electrons. The minimum Gasteiger partial charge on any atom is -0.455 e. The van der Waals surface area contributed by atoms with E-state index in [1.165, 1.54) is 39.9 Å². The second kappa shape index (κ2) is 20.7. The summed E-state index contributed by atoms with van der Waals surface area (Å²) in [5.74, 6) is -0.480. The van der Waals surface area contributed by atoms with Crippen LogP contribution in [0.25, 0.3) is 16.6 Å². The molecule has 0 spiro atoms. The highest BCUT2D eigenvalue weighted by Gasteiger charge is 2.33. The van der Waals surface area contributed by atoms with Crippen molar-refractivity contribution in [2.45, 2.75) is 56.7 Å². The number of pyridine rings is 1. The zero-order valence-electron chi connectivity index (χ0n) is 39.7. The summed E-state index contributed by atoms with van der Waals surface area (Å²) in [5, 5.41) is 18.2. The van der Waals surface area contributed by atoms with Crippen LogP contribution in [0.5, 0.6) is 11.5 Å². The monoisotopic (exact) mass is 995 g/mol. The van der Waals surface area contributed by atoms with Gasteiger partial charge in [0.1, 0.15) is 22.8 Å². The Morgan fingerprint density at radius 2 is 1.76 bits per heavy atom. The zero-order chi connectivity index (χ0) is 48.4.